The minimum Gasteiger partial charge on any atom is -0.456 e. The molecule has 0 unspecified atom stereocenters. The summed E-state index contributed by atoms with van der Waals surface area (Å²) in [6, 6.07) is 55.7. The van der Waals surface area contributed by atoms with Gasteiger partial charge in [-0.15, -0.1) is 11.3 Å². The summed E-state index contributed by atoms with van der Waals surface area (Å²) in [5, 5.41) is 10.1. The zero-order valence-electron chi connectivity index (χ0n) is 26.2. The van der Waals surface area contributed by atoms with Gasteiger partial charge in [-0.05, 0) is 92.7 Å². The van der Waals surface area contributed by atoms with Crippen LogP contribution in [0.25, 0.3) is 114 Å². The third kappa shape index (κ3) is 3.35. The molecule has 2 nitrogen and oxygen atoms in total. The molecule has 8 aromatic carbocycles. The van der Waals surface area contributed by atoms with Crippen LogP contribution >= 0.6 is 11.3 Å². The Kier molecular flexibility index (Phi) is 4.89. The number of thiophene rings is 1. The van der Waals surface area contributed by atoms with E-state index in [-0.39, 0.29) is 0 Å². The SMILES string of the molecule is c1ccc2c(c1)-c1cccc3c(-c4ccc5oc6ccc(-n7c8ccccc8c8ccc9sc%10ccccc%10c9c87)cc6c5c4)ccc-2c13. The van der Waals surface area contributed by atoms with Crippen molar-refractivity contribution in [3.8, 4) is 39.1 Å². The summed E-state index contributed by atoms with van der Waals surface area (Å²) < 4.78 is 11.6. The molecule has 0 amide bonds. The van der Waals surface area contributed by atoms with Gasteiger partial charge in [-0.1, -0.05) is 103 Å². The molecule has 0 saturated carbocycles. The Morgan fingerprint density at radius 1 is 0.408 bits per heavy atom. The van der Waals surface area contributed by atoms with Gasteiger partial charge in [0.2, 0.25) is 0 Å². The number of benzene rings is 8. The van der Waals surface area contributed by atoms with Gasteiger partial charge in [0, 0.05) is 47.4 Å². The fourth-order valence-electron chi connectivity index (χ4n) is 8.67. The molecule has 226 valence electrons. The third-order valence-electron chi connectivity index (χ3n) is 10.7. The van der Waals surface area contributed by atoms with Crippen LogP contribution in [0.2, 0.25) is 0 Å². The van der Waals surface area contributed by atoms with E-state index in [0.717, 1.165) is 27.6 Å². The van der Waals surface area contributed by atoms with Gasteiger partial charge in [0.1, 0.15) is 11.2 Å². The van der Waals surface area contributed by atoms with Crippen molar-refractivity contribution in [2.45, 2.75) is 0 Å². The Morgan fingerprint density at radius 2 is 1.10 bits per heavy atom. The van der Waals surface area contributed by atoms with Crippen LogP contribution < -0.4 is 0 Å². The van der Waals surface area contributed by atoms with Gasteiger partial charge in [0.25, 0.3) is 0 Å². The molecule has 3 heteroatoms. The van der Waals surface area contributed by atoms with Crippen LogP contribution in [0.3, 0.4) is 0 Å². The van der Waals surface area contributed by atoms with E-state index in [4.69, 9.17) is 4.42 Å². The van der Waals surface area contributed by atoms with Crippen LogP contribution in [0.15, 0.2) is 156 Å². The van der Waals surface area contributed by atoms with E-state index in [1.165, 1.54) is 86.1 Å². The van der Waals surface area contributed by atoms with Crippen molar-refractivity contribution < 1.29 is 4.42 Å². The molecule has 3 heterocycles. The van der Waals surface area contributed by atoms with Gasteiger partial charge in [-0.3, -0.25) is 0 Å². The minimum absolute atomic E-state index is 0.902. The Bertz CT molecular complexity index is 3200. The van der Waals surface area contributed by atoms with Crippen molar-refractivity contribution in [1.29, 1.82) is 0 Å². The normalized spacial score (nSPS) is 12.5. The van der Waals surface area contributed by atoms with Gasteiger partial charge in [0.15, 0.2) is 0 Å². The van der Waals surface area contributed by atoms with Crippen LogP contribution in [0.4, 0.5) is 0 Å². The molecule has 0 saturated heterocycles. The van der Waals surface area contributed by atoms with E-state index in [1.54, 1.807) is 0 Å². The minimum atomic E-state index is 0.902. The third-order valence-corrected chi connectivity index (χ3v) is 11.9. The fraction of sp³-hybridized carbons (Fsp3) is 0. The Balaban J connectivity index is 1.11. The molecule has 0 N–H and O–H groups in total. The van der Waals surface area contributed by atoms with E-state index in [2.05, 4.69) is 156 Å². The molecule has 1 aliphatic carbocycles. The summed E-state index contributed by atoms with van der Waals surface area (Å²) in [7, 11) is 0. The molecular weight excluding hydrogens is 615 g/mol. The second-order valence-corrected chi connectivity index (χ2v) is 14.3. The molecule has 0 atom stereocenters. The lowest BCUT2D eigenvalue weighted by atomic mass is 9.93. The lowest BCUT2D eigenvalue weighted by Crippen LogP contribution is -1.94. The number of fused-ring (bicyclic) bond motifs is 13. The lowest BCUT2D eigenvalue weighted by molar-refractivity contribution is 0.669. The molecule has 12 rings (SSSR count). The van der Waals surface area contributed by atoms with E-state index >= 15 is 0 Å². The highest BCUT2D eigenvalue weighted by molar-refractivity contribution is 7.26. The van der Waals surface area contributed by atoms with E-state index in [0.29, 0.717) is 0 Å². The maximum Gasteiger partial charge on any atom is 0.135 e. The van der Waals surface area contributed by atoms with Gasteiger partial charge in [-0.25, -0.2) is 0 Å². The van der Waals surface area contributed by atoms with E-state index in [9.17, 15) is 0 Å². The van der Waals surface area contributed by atoms with Crippen LogP contribution in [-0.4, -0.2) is 4.57 Å². The molecule has 3 aromatic heterocycles. The predicted octanol–water partition coefficient (Wildman–Crippen LogP) is 13.5. The molecule has 11 aromatic rings. The van der Waals surface area contributed by atoms with Gasteiger partial charge in [0.05, 0.1) is 11.0 Å². The molecule has 0 radical (unpaired) electrons. The topological polar surface area (TPSA) is 18.1 Å². The number of hydrogen-bond acceptors (Lipinski definition) is 2. The van der Waals surface area contributed by atoms with Crippen LogP contribution in [0.1, 0.15) is 0 Å². The van der Waals surface area contributed by atoms with Crippen molar-refractivity contribution in [2.75, 3.05) is 0 Å². The first-order valence-corrected chi connectivity index (χ1v) is 17.6. The zero-order chi connectivity index (χ0) is 31.8. The number of hydrogen-bond donors (Lipinski definition) is 0. The molecular formula is C46H25NOS. The van der Waals surface area contributed by atoms with Crippen LogP contribution in [-0.2, 0) is 0 Å². The molecule has 0 bridgehead atoms. The average molecular weight is 640 g/mol. The quantitative estimate of drug-likeness (QED) is 0.184. The highest BCUT2D eigenvalue weighted by Gasteiger charge is 2.23. The maximum atomic E-state index is 6.48. The largest absolute Gasteiger partial charge is 0.456 e. The Hall–Kier alpha value is -6.16. The van der Waals surface area contributed by atoms with Crippen molar-refractivity contribution in [3.05, 3.63) is 152 Å². The van der Waals surface area contributed by atoms with E-state index < -0.39 is 0 Å². The maximum absolute atomic E-state index is 6.48. The first-order valence-electron chi connectivity index (χ1n) is 16.8. The number of nitrogens with zero attached hydrogens (tertiary/aromatic N) is 1. The summed E-state index contributed by atoms with van der Waals surface area (Å²) in [5.41, 5.74) is 13.1. The fourth-order valence-corrected chi connectivity index (χ4v) is 9.77. The van der Waals surface area contributed by atoms with Gasteiger partial charge >= 0.3 is 0 Å². The van der Waals surface area contributed by atoms with E-state index in [1.807, 2.05) is 11.3 Å². The van der Waals surface area contributed by atoms with Crippen molar-refractivity contribution in [1.82, 2.24) is 4.57 Å². The van der Waals surface area contributed by atoms with Gasteiger partial charge in [-0.2, -0.15) is 0 Å². The monoisotopic (exact) mass is 639 g/mol. The number of rotatable bonds is 2. The lowest BCUT2D eigenvalue weighted by Gasteiger charge is -2.10. The molecule has 0 spiro atoms. The summed E-state index contributed by atoms with van der Waals surface area (Å²) in [4.78, 5) is 0. The van der Waals surface area contributed by atoms with Gasteiger partial charge < -0.3 is 8.98 Å². The Morgan fingerprint density at radius 3 is 2.00 bits per heavy atom. The number of para-hydroxylation sites is 1. The average Bonchev–Trinajstić information content (AvgIpc) is 3.90. The molecule has 0 fully saturated rings. The highest BCUT2D eigenvalue weighted by Crippen LogP contribution is 2.50. The zero-order valence-corrected chi connectivity index (χ0v) is 27.0. The smallest absolute Gasteiger partial charge is 0.135 e. The predicted molar refractivity (Wildman–Crippen MR) is 208 cm³/mol. The molecule has 49 heavy (non-hydrogen) atoms. The molecule has 0 aliphatic heterocycles. The Labute approximate surface area is 284 Å². The standard InChI is InChI=1S/C46H25NOS/c1-2-9-30-29(8-1)33-13-7-12-32-28(18-19-34(30)44(32)33)26-16-21-40-37(24-26)38-25-27(17-22-41(38)48-40)47-39-14-5-3-10-31(39)35-20-23-43-45(46(35)47)36-11-4-6-15-42(36)49-43/h1-25H. The van der Waals surface area contributed by atoms with Crippen LogP contribution in [0.5, 0.6) is 0 Å². The van der Waals surface area contributed by atoms with Crippen LogP contribution in [0, 0.1) is 0 Å². The van der Waals surface area contributed by atoms with Crippen molar-refractivity contribution in [2.24, 2.45) is 0 Å². The first kappa shape index (κ1) is 25.9. The second-order valence-electron chi connectivity index (χ2n) is 13.2. The summed E-state index contributed by atoms with van der Waals surface area (Å²) in [6.45, 7) is 0. The first-order chi connectivity index (χ1) is 24.3. The highest BCUT2D eigenvalue weighted by atomic mass is 32.1. The molecule has 1 aliphatic rings. The second kappa shape index (κ2) is 9.25. The summed E-state index contributed by atoms with van der Waals surface area (Å²) in [6.07, 6.45) is 0. The van der Waals surface area contributed by atoms with Crippen molar-refractivity contribution in [3.63, 3.8) is 0 Å². The summed E-state index contributed by atoms with van der Waals surface area (Å²) >= 11 is 1.87. The number of furan rings is 1. The summed E-state index contributed by atoms with van der Waals surface area (Å²) in [5.74, 6) is 0. The number of aromatic nitrogens is 1. The van der Waals surface area contributed by atoms with Crippen molar-refractivity contribution >= 4 is 86.0 Å².